The highest BCUT2D eigenvalue weighted by molar-refractivity contribution is 5.98. The summed E-state index contributed by atoms with van der Waals surface area (Å²) in [7, 11) is 0. The van der Waals surface area contributed by atoms with Gasteiger partial charge in [0, 0.05) is 5.69 Å². The fraction of sp³-hybridized carbons (Fsp3) is 0.263. The molecule has 2 rings (SSSR count). The number of aromatic hydroxyl groups is 1. The third kappa shape index (κ3) is 4.13. The zero-order valence-electron chi connectivity index (χ0n) is 14.2. The van der Waals surface area contributed by atoms with E-state index in [9.17, 15) is 14.7 Å². The molecule has 1 amide bonds. The first kappa shape index (κ1) is 17.5. The lowest BCUT2D eigenvalue weighted by Gasteiger charge is -2.15. The summed E-state index contributed by atoms with van der Waals surface area (Å²) in [6.07, 6.45) is -0.989. The van der Waals surface area contributed by atoms with Crippen LogP contribution < -0.4 is 5.32 Å². The summed E-state index contributed by atoms with van der Waals surface area (Å²) in [5.74, 6) is -1.34. The smallest absolute Gasteiger partial charge is 0.342 e. The summed E-state index contributed by atoms with van der Waals surface area (Å²) in [4.78, 5) is 24.4. The number of carbonyl (C=O) groups excluding carboxylic acids is 2. The molecule has 0 fully saturated rings. The Labute approximate surface area is 141 Å². The normalized spacial score (nSPS) is 11.7. The van der Waals surface area contributed by atoms with Gasteiger partial charge in [0.05, 0.1) is 0 Å². The van der Waals surface area contributed by atoms with Crippen LogP contribution in [0.2, 0.25) is 0 Å². The molecule has 0 aliphatic rings. The molecular formula is C19H21NO4. The van der Waals surface area contributed by atoms with Crippen molar-refractivity contribution in [3.05, 3.63) is 58.7 Å². The van der Waals surface area contributed by atoms with Gasteiger partial charge in [0.1, 0.15) is 11.3 Å². The van der Waals surface area contributed by atoms with Crippen LogP contribution in [-0.2, 0) is 9.53 Å². The largest absolute Gasteiger partial charge is 0.507 e. The van der Waals surface area contributed by atoms with E-state index in [1.165, 1.54) is 19.1 Å². The molecular weight excluding hydrogens is 306 g/mol. The van der Waals surface area contributed by atoms with Gasteiger partial charge in [-0.05, 0) is 57.0 Å². The molecule has 24 heavy (non-hydrogen) atoms. The number of phenols is 1. The monoisotopic (exact) mass is 327 g/mol. The first-order chi connectivity index (χ1) is 11.3. The van der Waals surface area contributed by atoms with Gasteiger partial charge >= 0.3 is 5.97 Å². The van der Waals surface area contributed by atoms with Crippen LogP contribution in [0.4, 0.5) is 5.69 Å². The predicted octanol–water partition coefficient (Wildman–Crippen LogP) is 3.50. The van der Waals surface area contributed by atoms with Gasteiger partial charge in [0.15, 0.2) is 6.10 Å². The van der Waals surface area contributed by atoms with E-state index < -0.39 is 18.0 Å². The number of carbonyl (C=O) groups is 2. The minimum Gasteiger partial charge on any atom is -0.507 e. The van der Waals surface area contributed by atoms with Gasteiger partial charge in [-0.2, -0.15) is 0 Å². The van der Waals surface area contributed by atoms with Gasteiger partial charge in [0.25, 0.3) is 5.91 Å². The predicted molar refractivity (Wildman–Crippen MR) is 92.3 cm³/mol. The zero-order valence-corrected chi connectivity index (χ0v) is 14.2. The van der Waals surface area contributed by atoms with E-state index in [1.54, 1.807) is 13.0 Å². The second-order valence-corrected chi connectivity index (χ2v) is 5.88. The first-order valence-electron chi connectivity index (χ1n) is 7.66. The summed E-state index contributed by atoms with van der Waals surface area (Å²) in [6.45, 7) is 7.10. The molecule has 0 aliphatic carbocycles. The Morgan fingerprint density at radius 1 is 1.04 bits per heavy atom. The molecule has 5 heteroatoms. The molecule has 0 saturated carbocycles. The number of phenolic OH excluding ortho intramolecular Hbond substituents is 1. The number of hydrogen-bond acceptors (Lipinski definition) is 4. The van der Waals surface area contributed by atoms with E-state index >= 15 is 0 Å². The average Bonchev–Trinajstić information content (AvgIpc) is 2.53. The number of amides is 1. The van der Waals surface area contributed by atoms with Crippen LogP contribution >= 0.6 is 0 Å². The maximum Gasteiger partial charge on any atom is 0.342 e. The molecule has 0 unspecified atom stereocenters. The Hall–Kier alpha value is -2.82. The number of nitrogens with one attached hydrogen (secondary N) is 1. The molecule has 2 N–H and O–H groups in total. The van der Waals surface area contributed by atoms with Crippen molar-refractivity contribution in [1.82, 2.24) is 0 Å². The van der Waals surface area contributed by atoms with Crippen molar-refractivity contribution in [2.75, 3.05) is 5.32 Å². The SMILES string of the molecule is Cc1ccc(C)c(NC(=O)[C@@H](C)OC(=O)c2cc(C)ccc2O)c1. The molecule has 0 aliphatic heterocycles. The third-order valence-electron chi connectivity index (χ3n) is 3.68. The zero-order chi connectivity index (χ0) is 17.9. The van der Waals surface area contributed by atoms with Gasteiger partial charge < -0.3 is 15.2 Å². The average molecular weight is 327 g/mol. The van der Waals surface area contributed by atoms with Crippen molar-refractivity contribution >= 4 is 17.6 Å². The Balaban J connectivity index is 2.07. The van der Waals surface area contributed by atoms with Crippen LogP contribution in [0.15, 0.2) is 36.4 Å². The lowest BCUT2D eigenvalue weighted by atomic mass is 10.1. The Bertz CT molecular complexity index is 783. The van der Waals surface area contributed by atoms with E-state index in [2.05, 4.69) is 5.32 Å². The van der Waals surface area contributed by atoms with Crippen molar-refractivity contribution < 1.29 is 19.4 Å². The van der Waals surface area contributed by atoms with E-state index in [0.29, 0.717) is 5.69 Å². The number of aryl methyl sites for hydroxylation is 3. The number of rotatable bonds is 4. The lowest BCUT2D eigenvalue weighted by molar-refractivity contribution is -0.123. The summed E-state index contributed by atoms with van der Waals surface area (Å²) in [6, 6.07) is 10.3. The molecule has 5 nitrogen and oxygen atoms in total. The summed E-state index contributed by atoms with van der Waals surface area (Å²) in [5.41, 5.74) is 3.48. The summed E-state index contributed by atoms with van der Waals surface area (Å²) >= 11 is 0. The van der Waals surface area contributed by atoms with Crippen molar-refractivity contribution in [2.45, 2.75) is 33.8 Å². The van der Waals surface area contributed by atoms with Crippen LogP contribution in [-0.4, -0.2) is 23.1 Å². The highest BCUT2D eigenvalue weighted by Gasteiger charge is 2.21. The van der Waals surface area contributed by atoms with E-state index in [0.717, 1.165) is 16.7 Å². The molecule has 126 valence electrons. The van der Waals surface area contributed by atoms with E-state index in [4.69, 9.17) is 4.74 Å². The Morgan fingerprint density at radius 3 is 2.38 bits per heavy atom. The molecule has 0 bridgehead atoms. The second-order valence-electron chi connectivity index (χ2n) is 5.88. The highest BCUT2D eigenvalue weighted by atomic mass is 16.5. The molecule has 0 aromatic heterocycles. The van der Waals surface area contributed by atoms with Crippen molar-refractivity contribution in [1.29, 1.82) is 0 Å². The van der Waals surface area contributed by atoms with Crippen LogP contribution in [0.1, 0.15) is 34.0 Å². The molecule has 0 spiro atoms. The molecule has 2 aromatic carbocycles. The maximum absolute atomic E-state index is 12.2. The number of esters is 1. The molecule has 0 radical (unpaired) electrons. The number of anilines is 1. The van der Waals surface area contributed by atoms with Crippen LogP contribution in [0.5, 0.6) is 5.75 Å². The number of hydrogen-bond donors (Lipinski definition) is 2. The van der Waals surface area contributed by atoms with Gasteiger partial charge in [-0.25, -0.2) is 4.79 Å². The number of benzene rings is 2. The van der Waals surface area contributed by atoms with Gasteiger partial charge in [-0.15, -0.1) is 0 Å². The van der Waals surface area contributed by atoms with Crippen LogP contribution in [0, 0.1) is 20.8 Å². The Kier molecular flexibility index (Phi) is 5.24. The molecule has 0 heterocycles. The molecule has 1 atom stereocenters. The highest BCUT2D eigenvalue weighted by Crippen LogP contribution is 2.20. The fourth-order valence-electron chi connectivity index (χ4n) is 2.20. The maximum atomic E-state index is 12.2. The first-order valence-corrected chi connectivity index (χ1v) is 7.66. The number of ether oxygens (including phenoxy) is 1. The lowest BCUT2D eigenvalue weighted by Crippen LogP contribution is -2.30. The van der Waals surface area contributed by atoms with E-state index in [-0.39, 0.29) is 11.3 Å². The van der Waals surface area contributed by atoms with Crippen molar-refractivity contribution in [3.8, 4) is 5.75 Å². The minimum atomic E-state index is -0.989. The fourth-order valence-corrected chi connectivity index (χ4v) is 2.20. The summed E-state index contributed by atoms with van der Waals surface area (Å²) in [5, 5.41) is 12.5. The van der Waals surface area contributed by atoms with Crippen molar-refractivity contribution in [3.63, 3.8) is 0 Å². The summed E-state index contributed by atoms with van der Waals surface area (Å²) < 4.78 is 5.17. The van der Waals surface area contributed by atoms with Crippen LogP contribution in [0.25, 0.3) is 0 Å². The quantitative estimate of drug-likeness (QED) is 0.843. The molecule has 0 saturated heterocycles. The van der Waals surface area contributed by atoms with Gasteiger partial charge in [-0.3, -0.25) is 4.79 Å². The minimum absolute atomic E-state index is 0.0430. The second kappa shape index (κ2) is 7.17. The third-order valence-corrected chi connectivity index (χ3v) is 3.68. The topological polar surface area (TPSA) is 75.6 Å². The standard InChI is InChI=1S/C19H21NO4/c1-11-6-8-17(21)15(9-11)19(23)24-14(4)18(22)20-16-10-12(2)5-7-13(16)3/h5-10,14,21H,1-4H3,(H,20,22)/t14-/m1/s1. The van der Waals surface area contributed by atoms with Crippen molar-refractivity contribution in [2.24, 2.45) is 0 Å². The van der Waals surface area contributed by atoms with Crippen LogP contribution in [0.3, 0.4) is 0 Å². The van der Waals surface area contributed by atoms with Gasteiger partial charge in [0.2, 0.25) is 0 Å². The Morgan fingerprint density at radius 2 is 1.67 bits per heavy atom. The van der Waals surface area contributed by atoms with E-state index in [1.807, 2.05) is 32.0 Å². The van der Waals surface area contributed by atoms with Gasteiger partial charge in [-0.1, -0.05) is 23.8 Å². The molecule has 2 aromatic rings.